The van der Waals surface area contributed by atoms with Gasteiger partial charge in [-0.25, -0.2) is 4.79 Å². The van der Waals surface area contributed by atoms with Crippen molar-refractivity contribution in [3.8, 4) is 0 Å². The summed E-state index contributed by atoms with van der Waals surface area (Å²) < 4.78 is 0. The van der Waals surface area contributed by atoms with Crippen molar-refractivity contribution in [1.82, 2.24) is 10.2 Å². The Morgan fingerprint density at radius 3 is 2.84 bits per heavy atom. The minimum atomic E-state index is -0.778. The maximum absolute atomic E-state index is 12.0. The lowest BCUT2D eigenvalue weighted by atomic mass is 9.96. The van der Waals surface area contributed by atoms with Gasteiger partial charge in [-0.1, -0.05) is 20.3 Å². The van der Waals surface area contributed by atoms with Crippen LogP contribution in [-0.4, -0.2) is 41.6 Å². The molecule has 0 aromatic rings. The van der Waals surface area contributed by atoms with Crippen LogP contribution in [0.15, 0.2) is 0 Å². The molecule has 1 aliphatic rings. The van der Waals surface area contributed by atoms with E-state index in [1.807, 2.05) is 11.8 Å². The van der Waals surface area contributed by atoms with Gasteiger partial charge in [-0.15, -0.1) is 0 Å². The molecule has 0 saturated carbocycles. The van der Waals surface area contributed by atoms with Gasteiger partial charge < -0.3 is 15.3 Å². The number of hydrogen-bond donors (Lipinski definition) is 2. The Morgan fingerprint density at radius 2 is 2.21 bits per heavy atom. The van der Waals surface area contributed by atoms with Gasteiger partial charge in [-0.3, -0.25) is 4.79 Å². The molecule has 1 heterocycles. The molecule has 0 aliphatic carbocycles. The van der Waals surface area contributed by atoms with Crippen molar-refractivity contribution < 1.29 is 14.7 Å². The fourth-order valence-corrected chi connectivity index (χ4v) is 2.43. The molecule has 2 amide bonds. The van der Waals surface area contributed by atoms with Gasteiger partial charge in [-0.2, -0.15) is 0 Å². The number of urea groups is 1. The Balaban J connectivity index is 2.24. The lowest BCUT2D eigenvalue weighted by Crippen LogP contribution is -2.46. The van der Waals surface area contributed by atoms with E-state index in [1.165, 1.54) is 6.42 Å². The minimum Gasteiger partial charge on any atom is -0.481 e. The van der Waals surface area contributed by atoms with Crippen LogP contribution in [0.2, 0.25) is 0 Å². The van der Waals surface area contributed by atoms with Gasteiger partial charge >= 0.3 is 12.0 Å². The van der Waals surface area contributed by atoms with Gasteiger partial charge in [0.05, 0.1) is 0 Å². The maximum atomic E-state index is 12.0. The SMILES string of the molecule is CCC1CCCN(C(=O)NCC(C)CCC(=O)O)C1. The number of piperidine rings is 1. The second-order valence-corrected chi connectivity index (χ2v) is 5.59. The quantitative estimate of drug-likeness (QED) is 0.778. The Bertz CT molecular complexity index is 307. The first-order valence-electron chi connectivity index (χ1n) is 7.27. The van der Waals surface area contributed by atoms with E-state index in [1.54, 1.807) is 0 Å². The highest BCUT2D eigenvalue weighted by atomic mass is 16.4. The zero-order valence-electron chi connectivity index (χ0n) is 12.0. The largest absolute Gasteiger partial charge is 0.481 e. The zero-order valence-corrected chi connectivity index (χ0v) is 12.0. The molecule has 1 aliphatic heterocycles. The molecular formula is C14H26N2O3. The summed E-state index contributed by atoms with van der Waals surface area (Å²) in [6.07, 6.45) is 4.19. The number of nitrogens with zero attached hydrogens (tertiary/aromatic N) is 1. The third kappa shape index (κ3) is 5.94. The molecule has 5 heteroatoms. The molecule has 1 rings (SSSR count). The number of carbonyl (C=O) groups is 2. The first kappa shape index (κ1) is 15.8. The number of nitrogens with one attached hydrogen (secondary N) is 1. The first-order chi connectivity index (χ1) is 9.02. The Hall–Kier alpha value is -1.26. The van der Waals surface area contributed by atoms with E-state index >= 15 is 0 Å². The highest BCUT2D eigenvalue weighted by Crippen LogP contribution is 2.19. The number of amides is 2. The lowest BCUT2D eigenvalue weighted by Gasteiger charge is -2.32. The van der Waals surface area contributed by atoms with Gasteiger partial charge in [0.2, 0.25) is 0 Å². The van der Waals surface area contributed by atoms with Gasteiger partial charge in [0, 0.05) is 26.1 Å². The van der Waals surface area contributed by atoms with Crippen LogP contribution in [0.4, 0.5) is 4.79 Å². The van der Waals surface area contributed by atoms with Crippen LogP contribution in [0.25, 0.3) is 0 Å². The fraction of sp³-hybridized carbons (Fsp3) is 0.857. The van der Waals surface area contributed by atoms with Crippen LogP contribution in [0.5, 0.6) is 0 Å². The molecule has 1 fully saturated rings. The van der Waals surface area contributed by atoms with E-state index in [4.69, 9.17) is 5.11 Å². The number of rotatable bonds is 6. The zero-order chi connectivity index (χ0) is 14.3. The second-order valence-electron chi connectivity index (χ2n) is 5.59. The molecule has 0 aromatic heterocycles. The number of aliphatic carboxylic acids is 1. The summed E-state index contributed by atoms with van der Waals surface area (Å²) in [4.78, 5) is 24.4. The lowest BCUT2D eigenvalue weighted by molar-refractivity contribution is -0.137. The van der Waals surface area contributed by atoms with Crippen LogP contribution in [0.3, 0.4) is 0 Å². The predicted octanol–water partition coefficient (Wildman–Crippen LogP) is 2.32. The van der Waals surface area contributed by atoms with E-state index < -0.39 is 5.97 Å². The van der Waals surface area contributed by atoms with E-state index in [0.29, 0.717) is 18.9 Å². The molecule has 0 radical (unpaired) electrons. The van der Waals surface area contributed by atoms with E-state index in [9.17, 15) is 9.59 Å². The number of carbonyl (C=O) groups excluding carboxylic acids is 1. The van der Waals surface area contributed by atoms with Gasteiger partial charge in [0.1, 0.15) is 0 Å². The third-order valence-corrected chi connectivity index (χ3v) is 3.84. The van der Waals surface area contributed by atoms with Crippen LogP contribution >= 0.6 is 0 Å². The summed E-state index contributed by atoms with van der Waals surface area (Å²) in [7, 11) is 0. The van der Waals surface area contributed by atoms with Crippen molar-refractivity contribution in [2.45, 2.75) is 46.0 Å². The van der Waals surface area contributed by atoms with Crippen molar-refractivity contribution in [2.24, 2.45) is 11.8 Å². The smallest absolute Gasteiger partial charge is 0.317 e. The minimum absolute atomic E-state index is 0.000301. The Kier molecular flexibility index (Phi) is 6.67. The number of carboxylic acids is 1. The number of hydrogen-bond acceptors (Lipinski definition) is 2. The second kappa shape index (κ2) is 8.02. The molecular weight excluding hydrogens is 244 g/mol. The molecule has 0 aromatic carbocycles. The highest BCUT2D eigenvalue weighted by molar-refractivity contribution is 5.74. The Morgan fingerprint density at radius 1 is 1.47 bits per heavy atom. The third-order valence-electron chi connectivity index (χ3n) is 3.84. The standard InChI is InChI=1S/C14H26N2O3/c1-3-12-5-4-8-16(10-12)14(19)15-9-11(2)6-7-13(17)18/h11-12H,3-10H2,1-2H3,(H,15,19)(H,17,18). The summed E-state index contributed by atoms with van der Waals surface area (Å²) >= 11 is 0. The van der Waals surface area contributed by atoms with Crippen molar-refractivity contribution in [2.75, 3.05) is 19.6 Å². The van der Waals surface area contributed by atoms with E-state index in [-0.39, 0.29) is 18.4 Å². The maximum Gasteiger partial charge on any atom is 0.317 e. The van der Waals surface area contributed by atoms with Crippen molar-refractivity contribution in [1.29, 1.82) is 0 Å². The van der Waals surface area contributed by atoms with Gasteiger partial charge in [0.25, 0.3) is 0 Å². The average molecular weight is 270 g/mol. The summed E-state index contributed by atoms with van der Waals surface area (Å²) in [6, 6.07) is 0.000301. The van der Waals surface area contributed by atoms with Crippen molar-refractivity contribution in [3.05, 3.63) is 0 Å². The molecule has 5 nitrogen and oxygen atoms in total. The van der Waals surface area contributed by atoms with Gasteiger partial charge in [-0.05, 0) is 31.1 Å². The summed E-state index contributed by atoms with van der Waals surface area (Å²) in [5, 5.41) is 11.5. The molecule has 2 unspecified atom stereocenters. The summed E-state index contributed by atoms with van der Waals surface area (Å²) in [5.41, 5.74) is 0. The number of carboxylic acid groups (broad SMARTS) is 1. The van der Waals surface area contributed by atoms with Crippen LogP contribution in [0.1, 0.15) is 46.0 Å². The van der Waals surface area contributed by atoms with Crippen LogP contribution in [-0.2, 0) is 4.79 Å². The normalized spacial score (nSPS) is 20.9. The molecule has 1 saturated heterocycles. The Labute approximate surface area is 115 Å². The van der Waals surface area contributed by atoms with Crippen molar-refractivity contribution in [3.63, 3.8) is 0 Å². The summed E-state index contributed by atoms with van der Waals surface area (Å²) in [6.45, 7) is 6.38. The molecule has 2 N–H and O–H groups in total. The van der Waals surface area contributed by atoms with Crippen LogP contribution < -0.4 is 5.32 Å². The molecule has 110 valence electrons. The van der Waals surface area contributed by atoms with Crippen LogP contribution in [0, 0.1) is 11.8 Å². The summed E-state index contributed by atoms with van der Waals surface area (Å²) in [5.74, 6) is 0.0516. The van der Waals surface area contributed by atoms with E-state index in [2.05, 4.69) is 12.2 Å². The molecule has 0 bridgehead atoms. The van der Waals surface area contributed by atoms with Crippen molar-refractivity contribution >= 4 is 12.0 Å². The molecule has 19 heavy (non-hydrogen) atoms. The molecule has 0 spiro atoms. The molecule has 2 atom stereocenters. The fourth-order valence-electron chi connectivity index (χ4n) is 2.43. The van der Waals surface area contributed by atoms with Gasteiger partial charge in [0.15, 0.2) is 0 Å². The highest BCUT2D eigenvalue weighted by Gasteiger charge is 2.22. The number of likely N-dealkylation sites (tertiary alicyclic amines) is 1. The predicted molar refractivity (Wildman–Crippen MR) is 74.0 cm³/mol. The van der Waals surface area contributed by atoms with E-state index in [0.717, 1.165) is 25.9 Å². The monoisotopic (exact) mass is 270 g/mol. The average Bonchev–Trinajstić information content (AvgIpc) is 2.42. The first-order valence-corrected chi connectivity index (χ1v) is 7.27. The topological polar surface area (TPSA) is 69.6 Å².